The lowest BCUT2D eigenvalue weighted by Crippen LogP contribution is -2.26. The number of aryl methyl sites for hydroxylation is 2. The van der Waals surface area contributed by atoms with Gasteiger partial charge in [-0.15, -0.1) is 0 Å². The van der Waals surface area contributed by atoms with Crippen LogP contribution < -0.4 is 0 Å². The van der Waals surface area contributed by atoms with E-state index in [-0.39, 0.29) is 10.8 Å². The van der Waals surface area contributed by atoms with E-state index in [1.54, 1.807) is 14.7 Å². The minimum atomic E-state index is 0.261. The second kappa shape index (κ2) is 35.7. The highest BCUT2D eigenvalue weighted by Crippen LogP contribution is 2.29. The van der Waals surface area contributed by atoms with Gasteiger partial charge in [0.05, 0.1) is 39.6 Å². The SMILES string of the molecule is CC(C)(C)c1ccc([S+]2CCCCC2)cc1.CC(C)(C)c1ccc([S+]2CCOCC2)cc1.Cc1ccc([S+]2CCCCC2)cc1.Cc1ccc([S+]2CCOCC2)cc1.c1ccc([S+]2CCCC2)cc1.c1ccc([S+]2CCOCC2)cc1. The minimum absolute atomic E-state index is 0.261. The largest absolute Gasteiger partial charge is 0.372 e. The Morgan fingerprint density at radius 2 is 0.457 bits per heavy atom. The van der Waals surface area contributed by atoms with Crippen molar-refractivity contribution in [1.82, 2.24) is 0 Å². The maximum atomic E-state index is 5.41. The number of hydrogen-bond donors (Lipinski definition) is 0. The third kappa shape index (κ3) is 23.6. The van der Waals surface area contributed by atoms with Crippen molar-refractivity contribution in [3.63, 3.8) is 0 Å². The fourth-order valence-electron chi connectivity index (χ4n) is 10.3. The highest BCUT2D eigenvalue weighted by Gasteiger charge is 2.30. The van der Waals surface area contributed by atoms with Gasteiger partial charge in [0.1, 0.15) is 69.0 Å². The molecule has 6 fully saturated rings. The maximum Gasteiger partial charge on any atom is 0.155 e. The Kier molecular flexibility index (Phi) is 29.0. The average molecular weight is 1210 g/mol. The van der Waals surface area contributed by atoms with Crippen LogP contribution in [0.3, 0.4) is 0 Å². The Morgan fingerprint density at radius 3 is 0.704 bits per heavy atom. The number of rotatable bonds is 6. The van der Waals surface area contributed by atoms with Crippen molar-refractivity contribution in [1.29, 1.82) is 0 Å². The molecule has 9 heteroatoms. The van der Waals surface area contributed by atoms with Gasteiger partial charge in [0.2, 0.25) is 0 Å². The molecular weight excluding hydrogens is 1110 g/mol. The molecule has 81 heavy (non-hydrogen) atoms. The molecule has 6 aliphatic rings. The van der Waals surface area contributed by atoms with Crippen LogP contribution >= 0.6 is 0 Å². The second-order valence-corrected chi connectivity index (χ2v) is 37.5. The van der Waals surface area contributed by atoms with Crippen LogP contribution in [0.1, 0.15) is 115 Å². The van der Waals surface area contributed by atoms with Crippen molar-refractivity contribution in [3.8, 4) is 0 Å². The van der Waals surface area contributed by atoms with E-state index in [9.17, 15) is 0 Å². The van der Waals surface area contributed by atoms with Crippen LogP contribution in [-0.2, 0) is 90.4 Å². The number of ether oxygens (including phenoxy) is 3. The van der Waals surface area contributed by atoms with Crippen molar-refractivity contribution < 1.29 is 14.2 Å². The first kappa shape index (κ1) is 65.8. The standard InChI is InChI=1S/C15H23S.C14H21OS.C12H17S.C11H15OS.C10H13OS.C10H13S/c1-15(2,3)13-7-9-14(10-8-13)16-11-5-4-6-12-16;1-14(2,3)12-4-6-13(7-5-12)16-10-8-15-9-11-16;1-11-5-7-12(8-6-11)13-9-3-2-4-10-13;1-10-2-4-11(5-3-10)13-8-6-12-7-9-13;1-2-4-10(5-3-1)12-8-6-11-7-9-12;1-2-6-10(7-3-1)11-8-4-5-9-11/h7-10H,4-6,11-12H2,1-3H3;4-7H,8-11H2,1-3H3;5-8H,2-4,9-10H2,1H3;2-5H,6-9H2,1H3;1-5H,6-9H2;1-3,6-7H,4-5,8-9H2/q6*+1. The van der Waals surface area contributed by atoms with Crippen LogP contribution in [0.2, 0.25) is 0 Å². The number of benzene rings is 6. The maximum absolute atomic E-state index is 5.41. The summed E-state index contributed by atoms with van der Waals surface area (Å²) in [6, 6.07) is 58.4. The molecule has 0 atom stereocenters. The molecule has 0 aliphatic carbocycles. The third-order valence-corrected chi connectivity index (χ3v) is 29.7. The molecule has 0 amide bonds. The van der Waals surface area contributed by atoms with E-state index >= 15 is 0 Å². The van der Waals surface area contributed by atoms with Gasteiger partial charge in [-0.2, -0.15) is 0 Å². The summed E-state index contributed by atoms with van der Waals surface area (Å²) in [6.07, 6.45) is 11.5. The molecule has 12 rings (SSSR count). The van der Waals surface area contributed by atoms with Gasteiger partial charge < -0.3 is 14.2 Å². The Labute approximate surface area is 511 Å². The van der Waals surface area contributed by atoms with Crippen molar-refractivity contribution in [2.45, 2.75) is 147 Å². The summed E-state index contributed by atoms with van der Waals surface area (Å²) < 4.78 is 16.1. The molecular formula is C72H102O3S6+6. The summed E-state index contributed by atoms with van der Waals surface area (Å²) >= 11 is 0. The van der Waals surface area contributed by atoms with Gasteiger partial charge in [0.25, 0.3) is 0 Å². The van der Waals surface area contributed by atoms with E-state index in [4.69, 9.17) is 14.2 Å². The molecule has 6 saturated heterocycles. The van der Waals surface area contributed by atoms with Gasteiger partial charge in [0, 0.05) is 65.4 Å². The number of hydrogen-bond acceptors (Lipinski definition) is 3. The molecule has 0 radical (unpaired) electrons. The molecule has 6 aromatic carbocycles. The van der Waals surface area contributed by atoms with E-state index in [2.05, 4.69) is 213 Å². The molecule has 6 heterocycles. The summed E-state index contributed by atoms with van der Waals surface area (Å²) in [6.45, 7) is 23.6. The zero-order valence-corrected chi connectivity index (χ0v) is 56.0. The van der Waals surface area contributed by atoms with Crippen LogP contribution in [0.25, 0.3) is 0 Å². The van der Waals surface area contributed by atoms with E-state index in [1.807, 2.05) is 0 Å². The molecule has 0 spiro atoms. The van der Waals surface area contributed by atoms with Crippen molar-refractivity contribution in [3.05, 3.63) is 180 Å². The highest BCUT2D eigenvalue weighted by molar-refractivity contribution is 7.98. The molecule has 438 valence electrons. The highest BCUT2D eigenvalue weighted by atomic mass is 32.2. The minimum Gasteiger partial charge on any atom is -0.372 e. The van der Waals surface area contributed by atoms with Gasteiger partial charge in [-0.25, -0.2) is 0 Å². The lowest BCUT2D eigenvalue weighted by molar-refractivity contribution is 0.159. The quantitative estimate of drug-likeness (QED) is 0.156. The summed E-state index contributed by atoms with van der Waals surface area (Å²) in [5.41, 5.74) is 6.15. The molecule has 0 unspecified atom stereocenters. The normalized spacial score (nSPS) is 18.9. The molecule has 6 aromatic rings. The molecule has 0 bridgehead atoms. The third-order valence-electron chi connectivity index (χ3n) is 15.4. The predicted octanol–water partition coefficient (Wildman–Crippen LogP) is 16.4. The van der Waals surface area contributed by atoms with E-state index in [1.165, 1.54) is 157 Å². The van der Waals surface area contributed by atoms with E-state index in [0.29, 0.717) is 65.4 Å². The average Bonchev–Trinajstić information content (AvgIpc) is 4.08. The molecule has 3 nitrogen and oxygen atoms in total. The first-order valence-corrected chi connectivity index (χ1v) is 39.9. The van der Waals surface area contributed by atoms with Crippen molar-refractivity contribution >= 4 is 65.4 Å². The lowest BCUT2D eigenvalue weighted by atomic mass is 9.87. The summed E-state index contributed by atoms with van der Waals surface area (Å²) in [4.78, 5) is 9.27. The Hall–Kier alpha value is -2.70. The summed E-state index contributed by atoms with van der Waals surface area (Å²) in [5, 5.41) is 0. The van der Waals surface area contributed by atoms with Gasteiger partial charge in [-0.05, 0) is 160 Å². The second-order valence-electron chi connectivity index (χ2n) is 23.9. The van der Waals surface area contributed by atoms with E-state index < -0.39 is 0 Å². The van der Waals surface area contributed by atoms with E-state index in [0.717, 1.165) is 39.6 Å². The zero-order valence-electron chi connectivity index (χ0n) is 51.1. The molecule has 0 N–H and O–H groups in total. The fourth-order valence-corrected chi connectivity index (χ4v) is 22.7. The Balaban J connectivity index is 0.000000141. The fraction of sp³-hybridized carbons (Fsp3) is 0.500. The lowest BCUT2D eigenvalue weighted by Gasteiger charge is -2.19. The van der Waals surface area contributed by atoms with Gasteiger partial charge in [0.15, 0.2) is 29.4 Å². The van der Waals surface area contributed by atoms with Gasteiger partial charge >= 0.3 is 0 Å². The molecule has 6 aliphatic heterocycles. The first-order valence-electron chi connectivity index (χ1n) is 30.5. The summed E-state index contributed by atoms with van der Waals surface area (Å²) in [5.74, 6) is 15.8. The van der Waals surface area contributed by atoms with Crippen LogP contribution in [-0.4, -0.2) is 109 Å². The Morgan fingerprint density at radius 1 is 0.247 bits per heavy atom. The van der Waals surface area contributed by atoms with Crippen LogP contribution in [0.15, 0.2) is 187 Å². The predicted molar refractivity (Wildman–Crippen MR) is 367 cm³/mol. The molecule has 0 aromatic heterocycles. The van der Waals surface area contributed by atoms with Gasteiger partial charge in [-0.1, -0.05) is 138 Å². The van der Waals surface area contributed by atoms with Crippen LogP contribution in [0, 0.1) is 13.8 Å². The smallest absolute Gasteiger partial charge is 0.155 e. The van der Waals surface area contributed by atoms with Crippen LogP contribution in [0.5, 0.6) is 0 Å². The van der Waals surface area contributed by atoms with Crippen LogP contribution in [0.4, 0.5) is 0 Å². The topological polar surface area (TPSA) is 27.7 Å². The first-order chi connectivity index (χ1) is 39.3. The van der Waals surface area contributed by atoms with Crippen molar-refractivity contribution in [2.75, 3.05) is 109 Å². The molecule has 0 saturated carbocycles. The summed E-state index contributed by atoms with van der Waals surface area (Å²) in [7, 11) is 3.11. The zero-order chi connectivity index (χ0) is 57.1. The Bertz CT molecular complexity index is 2430. The monoisotopic (exact) mass is 1210 g/mol. The van der Waals surface area contributed by atoms with Gasteiger partial charge in [-0.3, -0.25) is 0 Å². The van der Waals surface area contributed by atoms with Crippen molar-refractivity contribution in [2.24, 2.45) is 0 Å².